The minimum atomic E-state index is -3.55. The summed E-state index contributed by atoms with van der Waals surface area (Å²) in [6.45, 7) is 2.50. The monoisotopic (exact) mass is 319 g/mol. The highest BCUT2D eigenvalue weighted by atomic mass is 35.5. The largest absolute Gasteiger partial charge is 0.466 e. The predicted octanol–water partition coefficient (Wildman–Crippen LogP) is 2.35. The molecule has 1 aromatic carbocycles. The molecule has 20 heavy (non-hydrogen) atoms. The summed E-state index contributed by atoms with van der Waals surface area (Å²) in [6, 6.07) is 5.89. The molecule has 1 aromatic rings. The molecule has 0 spiro atoms. The molecule has 0 aliphatic carbocycles. The topological polar surface area (TPSA) is 72.5 Å². The van der Waals surface area contributed by atoms with Gasteiger partial charge in [0.1, 0.15) is 0 Å². The average Bonchev–Trinajstić information content (AvgIpc) is 2.42. The molecular weight excluding hydrogens is 302 g/mol. The number of ether oxygens (including phenoxy) is 1. The maximum Gasteiger partial charge on any atom is 0.305 e. The second-order valence-electron chi connectivity index (χ2n) is 4.18. The van der Waals surface area contributed by atoms with Crippen LogP contribution >= 0.6 is 11.6 Å². The first-order chi connectivity index (χ1) is 9.45. The molecule has 112 valence electrons. The van der Waals surface area contributed by atoms with E-state index >= 15 is 0 Å². The van der Waals surface area contributed by atoms with E-state index in [1.54, 1.807) is 0 Å². The third kappa shape index (κ3) is 5.90. The Morgan fingerprint density at radius 2 is 1.95 bits per heavy atom. The van der Waals surface area contributed by atoms with Crippen LogP contribution in [0.5, 0.6) is 0 Å². The van der Waals surface area contributed by atoms with E-state index in [9.17, 15) is 13.2 Å². The number of esters is 1. The Morgan fingerprint density at radius 1 is 1.30 bits per heavy atom. The van der Waals surface area contributed by atoms with Crippen LogP contribution in [0.15, 0.2) is 29.2 Å². The van der Waals surface area contributed by atoms with Crippen LogP contribution in [0.2, 0.25) is 5.02 Å². The van der Waals surface area contributed by atoms with Crippen LogP contribution in [0.3, 0.4) is 0 Å². The molecule has 0 bridgehead atoms. The summed E-state index contributed by atoms with van der Waals surface area (Å²) in [5.41, 5.74) is 0. The average molecular weight is 320 g/mol. The lowest BCUT2D eigenvalue weighted by atomic mass is 10.3. The lowest BCUT2D eigenvalue weighted by Gasteiger charge is -2.07. The summed E-state index contributed by atoms with van der Waals surface area (Å²) in [5.74, 6) is -0.308. The van der Waals surface area contributed by atoms with Crippen molar-refractivity contribution in [1.29, 1.82) is 0 Å². The van der Waals surface area contributed by atoms with Crippen molar-refractivity contribution in [3.05, 3.63) is 29.3 Å². The number of halogens is 1. The van der Waals surface area contributed by atoms with E-state index in [2.05, 4.69) is 4.72 Å². The molecule has 0 atom stereocenters. The second-order valence-corrected chi connectivity index (χ2v) is 6.38. The second kappa shape index (κ2) is 8.24. The number of nitrogens with one attached hydrogen (secondary N) is 1. The van der Waals surface area contributed by atoms with Gasteiger partial charge in [-0.1, -0.05) is 18.5 Å². The molecule has 7 heteroatoms. The van der Waals surface area contributed by atoms with Crippen LogP contribution in [0, 0.1) is 0 Å². The van der Waals surface area contributed by atoms with Gasteiger partial charge in [-0.25, -0.2) is 13.1 Å². The maximum absolute atomic E-state index is 11.9. The van der Waals surface area contributed by atoms with E-state index in [0.29, 0.717) is 18.1 Å². The zero-order valence-corrected chi connectivity index (χ0v) is 12.8. The summed E-state index contributed by atoms with van der Waals surface area (Å²) in [4.78, 5) is 11.4. The van der Waals surface area contributed by atoms with Crippen LogP contribution in [-0.2, 0) is 19.6 Å². The highest BCUT2D eigenvalue weighted by Gasteiger charge is 2.13. The van der Waals surface area contributed by atoms with Gasteiger partial charge in [0.25, 0.3) is 0 Å². The maximum atomic E-state index is 11.9. The Labute approximate surface area is 124 Å². The van der Waals surface area contributed by atoms with E-state index in [0.717, 1.165) is 6.42 Å². The minimum Gasteiger partial charge on any atom is -0.466 e. The lowest BCUT2D eigenvalue weighted by Crippen LogP contribution is -2.25. The Kier molecular flexibility index (Phi) is 6.98. The van der Waals surface area contributed by atoms with E-state index in [-0.39, 0.29) is 23.8 Å². The van der Waals surface area contributed by atoms with Crippen LogP contribution < -0.4 is 4.72 Å². The molecule has 0 fully saturated rings. The SMILES string of the molecule is CCCOC(=O)CCCNS(=O)(=O)c1ccc(Cl)cc1. The van der Waals surface area contributed by atoms with Crippen LogP contribution in [0.4, 0.5) is 0 Å². The van der Waals surface area contributed by atoms with Gasteiger partial charge in [-0.2, -0.15) is 0 Å². The van der Waals surface area contributed by atoms with Crippen LogP contribution in [-0.4, -0.2) is 27.5 Å². The van der Waals surface area contributed by atoms with E-state index in [1.165, 1.54) is 24.3 Å². The fraction of sp³-hybridized carbons (Fsp3) is 0.462. The van der Waals surface area contributed by atoms with Gasteiger partial charge in [0.15, 0.2) is 0 Å². The van der Waals surface area contributed by atoms with Crippen molar-refractivity contribution in [2.45, 2.75) is 31.1 Å². The normalized spacial score (nSPS) is 11.3. The molecule has 1 rings (SSSR count). The van der Waals surface area contributed by atoms with Crippen molar-refractivity contribution >= 4 is 27.6 Å². The molecule has 0 radical (unpaired) electrons. The third-order valence-electron chi connectivity index (χ3n) is 2.44. The lowest BCUT2D eigenvalue weighted by molar-refractivity contribution is -0.143. The summed E-state index contributed by atoms with van der Waals surface area (Å²) < 4.78 is 31.1. The van der Waals surface area contributed by atoms with Gasteiger partial charge >= 0.3 is 5.97 Å². The molecule has 0 saturated carbocycles. The number of hydrogen-bond donors (Lipinski definition) is 1. The molecule has 0 aliphatic heterocycles. The van der Waals surface area contributed by atoms with E-state index in [4.69, 9.17) is 16.3 Å². The fourth-order valence-electron chi connectivity index (χ4n) is 1.42. The third-order valence-corrected chi connectivity index (χ3v) is 4.17. The highest BCUT2D eigenvalue weighted by Crippen LogP contribution is 2.13. The Balaban J connectivity index is 2.37. The smallest absolute Gasteiger partial charge is 0.305 e. The van der Waals surface area contributed by atoms with Gasteiger partial charge in [-0.3, -0.25) is 4.79 Å². The van der Waals surface area contributed by atoms with Gasteiger partial charge in [0.05, 0.1) is 11.5 Å². The molecule has 0 aromatic heterocycles. The highest BCUT2D eigenvalue weighted by molar-refractivity contribution is 7.89. The molecule has 0 aliphatic rings. The quantitative estimate of drug-likeness (QED) is 0.589. The van der Waals surface area contributed by atoms with Crippen molar-refractivity contribution in [2.24, 2.45) is 0 Å². The fourth-order valence-corrected chi connectivity index (χ4v) is 2.62. The molecule has 0 saturated heterocycles. The number of hydrogen-bond acceptors (Lipinski definition) is 4. The molecule has 0 heterocycles. The number of rotatable bonds is 8. The molecule has 0 amide bonds. The summed E-state index contributed by atoms with van der Waals surface area (Å²) in [6.07, 6.45) is 1.37. The predicted molar refractivity (Wildman–Crippen MR) is 77.1 cm³/mol. The molecule has 1 N–H and O–H groups in total. The molecule has 5 nitrogen and oxygen atoms in total. The standard InChI is InChI=1S/C13H18ClNO4S/c1-2-10-19-13(16)4-3-9-15-20(17,18)12-7-5-11(14)6-8-12/h5-8,15H,2-4,9-10H2,1H3. The molecule has 0 unspecified atom stereocenters. The summed E-state index contributed by atoms with van der Waals surface area (Å²) in [7, 11) is -3.55. The Hall–Kier alpha value is -1.11. The van der Waals surface area contributed by atoms with Gasteiger partial charge in [-0.15, -0.1) is 0 Å². The van der Waals surface area contributed by atoms with Gasteiger partial charge < -0.3 is 4.74 Å². The number of benzene rings is 1. The van der Waals surface area contributed by atoms with E-state index < -0.39 is 10.0 Å². The first-order valence-corrected chi connectivity index (χ1v) is 8.22. The van der Waals surface area contributed by atoms with Gasteiger partial charge in [0.2, 0.25) is 10.0 Å². The number of carbonyl (C=O) groups excluding carboxylic acids is 1. The van der Waals surface area contributed by atoms with Crippen molar-refractivity contribution in [2.75, 3.05) is 13.2 Å². The zero-order valence-electron chi connectivity index (χ0n) is 11.3. The number of carbonyl (C=O) groups is 1. The minimum absolute atomic E-state index is 0.149. The van der Waals surface area contributed by atoms with Crippen LogP contribution in [0.1, 0.15) is 26.2 Å². The summed E-state index contributed by atoms with van der Waals surface area (Å²) >= 11 is 5.70. The summed E-state index contributed by atoms with van der Waals surface area (Å²) in [5, 5.41) is 0.475. The Bertz CT molecular complexity index is 528. The van der Waals surface area contributed by atoms with Crippen molar-refractivity contribution < 1.29 is 17.9 Å². The van der Waals surface area contributed by atoms with Crippen molar-refractivity contribution in [3.63, 3.8) is 0 Å². The number of sulfonamides is 1. The zero-order chi connectivity index (χ0) is 15.0. The van der Waals surface area contributed by atoms with Gasteiger partial charge in [0, 0.05) is 18.0 Å². The van der Waals surface area contributed by atoms with E-state index in [1.807, 2.05) is 6.92 Å². The van der Waals surface area contributed by atoms with Crippen LogP contribution in [0.25, 0.3) is 0 Å². The van der Waals surface area contributed by atoms with Crippen molar-refractivity contribution in [1.82, 2.24) is 4.72 Å². The molecular formula is C13H18ClNO4S. The van der Waals surface area contributed by atoms with Gasteiger partial charge in [-0.05, 0) is 37.1 Å². The van der Waals surface area contributed by atoms with Crippen molar-refractivity contribution in [3.8, 4) is 0 Å². The Morgan fingerprint density at radius 3 is 2.55 bits per heavy atom. The first kappa shape index (κ1) is 16.9. The first-order valence-electron chi connectivity index (χ1n) is 6.36.